The van der Waals surface area contributed by atoms with Crippen molar-refractivity contribution in [2.24, 2.45) is 22.7 Å². The van der Waals surface area contributed by atoms with Crippen molar-refractivity contribution in [2.45, 2.75) is 95.2 Å². The monoisotopic (exact) mass is 360 g/mol. The SMILES string of the molecule is CN=C(NC1CCCC(C(=O)NC2CC2)C1)NC1CC1C1CCCCC1. The molecule has 4 aliphatic rings. The molecular formula is C21H36N4O. The van der Waals surface area contributed by atoms with E-state index in [1.807, 2.05) is 7.05 Å². The Hall–Kier alpha value is -1.26. The molecule has 0 bridgehead atoms. The number of aliphatic imine (C=N–C) groups is 1. The van der Waals surface area contributed by atoms with Gasteiger partial charge in [0.15, 0.2) is 5.96 Å². The minimum atomic E-state index is 0.177. The zero-order valence-electron chi connectivity index (χ0n) is 16.3. The Morgan fingerprint density at radius 1 is 0.808 bits per heavy atom. The first-order valence-corrected chi connectivity index (χ1v) is 11.0. The van der Waals surface area contributed by atoms with Gasteiger partial charge in [0.25, 0.3) is 0 Å². The highest BCUT2D eigenvalue weighted by molar-refractivity contribution is 5.81. The smallest absolute Gasteiger partial charge is 0.223 e. The highest BCUT2D eigenvalue weighted by Crippen LogP contribution is 2.44. The molecule has 0 saturated heterocycles. The fourth-order valence-electron chi connectivity index (χ4n) is 5.11. The fourth-order valence-corrected chi connectivity index (χ4v) is 5.11. The molecule has 0 radical (unpaired) electrons. The largest absolute Gasteiger partial charge is 0.354 e. The van der Waals surface area contributed by atoms with Crippen LogP contribution in [-0.2, 0) is 4.79 Å². The summed E-state index contributed by atoms with van der Waals surface area (Å²) in [6.07, 6.45) is 15.0. The molecule has 0 aromatic heterocycles. The fraction of sp³-hybridized carbons (Fsp3) is 0.905. The van der Waals surface area contributed by atoms with E-state index in [4.69, 9.17) is 0 Å². The molecule has 4 saturated carbocycles. The van der Waals surface area contributed by atoms with Crippen molar-refractivity contribution in [3.8, 4) is 0 Å². The van der Waals surface area contributed by atoms with E-state index in [1.165, 1.54) is 51.4 Å². The van der Waals surface area contributed by atoms with Crippen LogP contribution in [0.4, 0.5) is 0 Å². The quantitative estimate of drug-likeness (QED) is 0.522. The summed E-state index contributed by atoms with van der Waals surface area (Å²) in [5.74, 6) is 3.20. The van der Waals surface area contributed by atoms with Gasteiger partial charge in [-0.1, -0.05) is 38.5 Å². The molecule has 3 N–H and O–H groups in total. The molecule has 4 unspecified atom stereocenters. The second kappa shape index (κ2) is 8.18. The van der Waals surface area contributed by atoms with Crippen LogP contribution in [0.5, 0.6) is 0 Å². The lowest BCUT2D eigenvalue weighted by atomic mass is 9.85. The maximum atomic E-state index is 12.4. The van der Waals surface area contributed by atoms with Gasteiger partial charge in [-0.15, -0.1) is 0 Å². The molecule has 0 aromatic carbocycles. The van der Waals surface area contributed by atoms with Gasteiger partial charge in [-0.05, 0) is 50.4 Å². The number of hydrogen-bond donors (Lipinski definition) is 3. The van der Waals surface area contributed by atoms with Crippen LogP contribution in [0.1, 0.15) is 77.0 Å². The minimum Gasteiger partial charge on any atom is -0.354 e. The van der Waals surface area contributed by atoms with Gasteiger partial charge in [-0.25, -0.2) is 0 Å². The Labute approximate surface area is 158 Å². The van der Waals surface area contributed by atoms with Crippen molar-refractivity contribution in [3.63, 3.8) is 0 Å². The first kappa shape index (κ1) is 18.1. The third-order valence-corrected chi connectivity index (χ3v) is 6.95. The molecule has 4 atom stereocenters. The average Bonchev–Trinajstić information content (AvgIpc) is 3.59. The molecule has 0 aromatic rings. The van der Waals surface area contributed by atoms with Crippen molar-refractivity contribution in [3.05, 3.63) is 0 Å². The summed E-state index contributed by atoms with van der Waals surface area (Å²) in [6.45, 7) is 0. The summed E-state index contributed by atoms with van der Waals surface area (Å²) in [5, 5.41) is 10.5. The third-order valence-electron chi connectivity index (χ3n) is 6.95. The van der Waals surface area contributed by atoms with Crippen LogP contribution in [0, 0.1) is 17.8 Å². The molecule has 26 heavy (non-hydrogen) atoms. The van der Waals surface area contributed by atoms with E-state index in [0.29, 0.717) is 18.1 Å². The summed E-state index contributed by atoms with van der Waals surface area (Å²) >= 11 is 0. The molecule has 0 heterocycles. The lowest BCUT2D eigenvalue weighted by molar-refractivity contribution is -0.126. The maximum Gasteiger partial charge on any atom is 0.223 e. The number of rotatable bonds is 5. The Bertz CT molecular complexity index is 524. The van der Waals surface area contributed by atoms with Gasteiger partial charge < -0.3 is 16.0 Å². The van der Waals surface area contributed by atoms with Gasteiger partial charge in [0.05, 0.1) is 0 Å². The van der Waals surface area contributed by atoms with E-state index in [9.17, 15) is 4.79 Å². The van der Waals surface area contributed by atoms with Gasteiger partial charge in [-0.3, -0.25) is 9.79 Å². The molecule has 1 amide bonds. The van der Waals surface area contributed by atoms with Crippen LogP contribution < -0.4 is 16.0 Å². The molecule has 146 valence electrons. The van der Waals surface area contributed by atoms with Gasteiger partial charge in [0.1, 0.15) is 0 Å². The molecule has 5 nitrogen and oxygen atoms in total. The van der Waals surface area contributed by atoms with E-state index >= 15 is 0 Å². The average molecular weight is 361 g/mol. The molecular weight excluding hydrogens is 324 g/mol. The third kappa shape index (κ3) is 4.72. The van der Waals surface area contributed by atoms with Gasteiger partial charge >= 0.3 is 0 Å². The Kier molecular flexibility index (Phi) is 5.70. The molecule has 0 aliphatic heterocycles. The second-order valence-corrected chi connectivity index (χ2v) is 9.11. The van der Waals surface area contributed by atoms with Crippen LogP contribution in [0.25, 0.3) is 0 Å². The molecule has 4 rings (SSSR count). The minimum absolute atomic E-state index is 0.177. The van der Waals surface area contributed by atoms with Gasteiger partial charge in [0, 0.05) is 31.1 Å². The molecule has 5 heteroatoms. The Morgan fingerprint density at radius 3 is 2.35 bits per heavy atom. The number of amides is 1. The topological polar surface area (TPSA) is 65.5 Å². The van der Waals surface area contributed by atoms with E-state index in [0.717, 1.165) is 43.5 Å². The lowest BCUT2D eigenvalue weighted by Crippen LogP contribution is -2.48. The van der Waals surface area contributed by atoms with Crippen molar-refractivity contribution < 1.29 is 4.79 Å². The second-order valence-electron chi connectivity index (χ2n) is 9.11. The predicted octanol–water partition coefficient (Wildman–Crippen LogP) is 2.96. The standard InChI is InChI=1S/C21H36N4O/c1-22-21(25-19-13-18(19)14-6-3-2-4-7-14)24-17-9-5-8-15(12-17)20(26)23-16-10-11-16/h14-19H,2-13H2,1H3,(H,23,26)(H2,22,24,25). The number of carbonyl (C=O) groups is 1. The van der Waals surface area contributed by atoms with Crippen molar-refractivity contribution in [1.29, 1.82) is 0 Å². The first-order chi connectivity index (χ1) is 12.7. The summed E-state index contributed by atoms with van der Waals surface area (Å²) < 4.78 is 0. The summed E-state index contributed by atoms with van der Waals surface area (Å²) in [4.78, 5) is 16.8. The van der Waals surface area contributed by atoms with Crippen LogP contribution in [0.2, 0.25) is 0 Å². The zero-order chi connectivity index (χ0) is 17.9. The number of nitrogens with one attached hydrogen (secondary N) is 3. The number of guanidine groups is 1. The zero-order valence-corrected chi connectivity index (χ0v) is 16.3. The van der Waals surface area contributed by atoms with Crippen LogP contribution in [-0.4, -0.2) is 37.0 Å². The van der Waals surface area contributed by atoms with Crippen molar-refractivity contribution in [2.75, 3.05) is 7.05 Å². The van der Waals surface area contributed by atoms with Gasteiger partial charge in [0.2, 0.25) is 5.91 Å². The van der Waals surface area contributed by atoms with E-state index < -0.39 is 0 Å². The normalized spacial score (nSPS) is 35.7. The van der Waals surface area contributed by atoms with Crippen molar-refractivity contribution in [1.82, 2.24) is 16.0 Å². The Morgan fingerprint density at radius 2 is 1.62 bits per heavy atom. The van der Waals surface area contributed by atoms with Crippen molar-refractivity contribution >= 4 is 11.9 Å². The highest BCUT2D eigenvalue weighted by Gasteiger charge is 2.43. The predicted molar refractivity (Wildman–Crippen MR) is 105 cm³/mol. The number of carbonyl (C=O) groups excluding carboxylic acids is 1. The van der Waals surface area contributed by atoms with Crippen LogP contribution in [0.3, 0.4) is 0 Å². The molecule has 0 spiro atoms. The molecule has 4 fully saturated rings. The Balaban J connectivity index is 1.22. The first-order valence-electron chi connectivity index (χ1n) is 11.0. The lowest BCUT2D eigenvalue weighted by Gasteiger charge is -2.30. The summed E-state index contributed by atoms with van der Waals surface area (Å²) in [5.41, 5.74) is 0. The van der Waals surface area contributed by atoms with Crippen LogP contribution >= 0.6 is 0 Å². The summed E-state index contributed by atoms with van der Waals surface area (Å²) in [7, 11) is 1.87. The van der Waals surface area contributed by atoms with Crippen LogP contribution in [0.15, 0.2) is 4.99 Å². The van der Waals surface area contributed by atoms with Gasteiger partial charge in [-0.2, -0.15) is 0 Å². The maximum absolute atomic E-state index is 12.4. The number of nitrogens with zero attached hydrogens (tertiary/aromatic N) is 1. The molecule has 4 aliphatic carbocycles. The van der Waals surface area contributed by atoms with E-state index in [-0.39, 0.29) is 11.8 Å². The summed E-state index contributed by atoms with van der Waals surface area (Å²) in [6, 6.07) is 1.45. The highest BCUT2D eigenvalue weighted by atomic mass is 16.2. The van der Waals surface area contributed by atoms with E-state index in [2.05, 4.69) is 20.9 Å². The van der Waals surface area contributed by atoms with E-state index in [1.54, 1.807) is 0 Å². The number of hydrogen-bond acceptors (Lipinski definition) is 2.